The first kappa shape index (κ1) is 66.2. The lowest BCUT2D eigenvalue weighted by molar-refractivity contribution is -0.870. The molecule has 2 N–H and O–H groups in total. The molecule has 0 aromatic heterocycles. The van der Waals surface area contributed by atoms with Crippen molar-refractivity contribution >= 4 is 13.7 Å². The van der Waals surface area contributed by atoms with Crippen LogP contribution in [0.1, 0.15) is 258 Å². The maximum absolute atomic E-state index is 13.0. The van der Waals surface area contributed by atoms with Gasteiger partial charge in [-0.05, 0) is 77.0 Å². The van der Waals surface area contributed by atoms with E-state index < -0.39 is 26.6 Å². The van der Waals surface area contributed by atoms with E-state index in [9.17, 15) is 19.4 Å². The average Bonchev–Trinajstić information content (AvgIpc) is 3.30. The Bertz CT molecular complexity index is 1290. The second-order valence-electron chi connectivity index (χ2n) is 20.6. The van der Waals surface area contributed by atoms with Gasteiger partial charge in [0, 0.05) is 6.42 Å². The molecule has 3 atom stereocenters. The Kier molecular flexibility index (Phi) is 48.8. The first-order valence-electron chi connectivity index (χ1n) is 28.7. The van der Waals surface area contributed by atoms with E-state index in [-0.39, 0.29) is 12.5 Å². The standard InChI is InChI=1S/C59H111N2O6P/c1-6-8-10-12-14-16-18-20-22-24-26-27-28-29-30-31-32-33-35-37-39-41-43-45-47-49-51-53-59(63)60-57(56-67-68(64,65)66-55-54-61(3,4)5)58(62)52-50-48-46-44-42-40-38-36-34-25-23-21-19-17-15-13-11-9-7-2/h18,20,24,26,34,36,42,44,50,52,57-58,62H,6-17,19,21-23,25,27-33,35,37-41,43,45-49,51,53-56H2,1-5H3,(H-,60,63,64,65)/b20-18-,26-24-,36-34+,44-42+,52-50+. The SMILES string of the molecule is CCCCCCC/C=C\C/C=C\CCCCCCCCCCCCCCCCCC(=O)NC(COP(=O)([O-])OCC[N+](C)(C)C)C(O)/C=C/CC/C=C/CC/C=C/CCCCCCCCCCC. The predicted molar refractivity (Wildman–Crippen MR) is 293 cm³/mol. The van der Waals surface area contributed by atoms with Crippen molar-refractivity contribution in [1.29, 1.82) is 0 Å². The molecule has 0 aliphatic rings. The largest absolute Gasteiger partial charge is 0.756 e. The zero-order chi connectivity index (χ0) is 49.9. The molecule has 0 heterocycles. The minimum atomic E-state index is -4.61. The van der Waals surface area contributed by atoms with E-state index in [1.807, 2.05) is 27.2 Å². The van der Waals surface area contributed by atoms with Crippen molar-refractivity contribution in [2.45, 2.75) is 270 Å². The monoisotopic (exact) mass is 975 g/mol. The lowest BCUT2D eigenvalue weighted by atomic mass is 10.0. The highest BCUT2D eigenvalue weighted by molar-refractivity contribution is 7.45. The molecule has 0 radical (unpaired) electrons. The molecule has 0 aromatic rings. The van der Waals surface area contributed by atoms with Gasteiger partial charge in [0.15, 0.2) is 0 Å². The van der Waals surface area contributed by atoms with E-state index in [0.29, 0.717) is 17.4 Å². The van der Waals surface area contributed by atoms with Crippen molar-refractivity contribution in [2.24, 2.45) is 0 Å². The topological polar surface area (TPSA) is 108 Å². The number of phosphoric acid groups is 1. The van der Waals surface area contributed by atoms with Gasteiger partial charge in [0.1, 0.15) is 13.2 Å². The summed E-state index contributed by atoms with van der Waals surface area (Å²) in [7, 11) is 1.24. The molecule has 3 unspecified atom stereocenters. The molecule has 0 aliphatic carbocycles. The fraction of sp³-hybridized carbons (Fsp3) is 0.814. The van der Waals surface area contributed by atoms with Gasteiger partial charge in [-0.15, -0.1) is 0 Å². The van der Waals surface area contributed by atoms with E-state index >= 15 is 0 Å². The molecule has 9 heteroatoms. The first-order valence-corrected chi connectivity index (χ1v) is 30.1. The molecule has 398 valence electrons. The number of aliphatic hydroxyl groups excluding tert-OH is 1. The van der Waals surface area contributed by atoms with Crippen molar-refractivity contribution in [1.82, 2.24) is 5.32 Å². The zero-order valence-corrected chi connectivity index (χ0v) is 46.2. The van der Waals surface area contributed by atoms with E-state index in [0.717, 1.165) is 51.4 Å². The first-order chi connectivity index (χ1) is 33.0. The summed E-state index contributed by atoms with van der Waals surface area (Å²) in [5.41, 5.74) is 0. The fourth-order valence-corrected chi connectivity index (χ4v) is 8.88. The molecule has 0 rings (SSSR count). The molecular weight excluding hydrogens is 864 g/mol. The van der Waals surface area contributed by atoms with Crippen LogP contribution in [0.3, 0.4) is 0 Å². The van der Waals surface area contributed by atoms with Gasteiger partial charge in [0.25, 0.3) is 7.82 Å². The number of nitrogens with zero attached hydrogens (tertiary/aromatic N) is 1. The summed E-state index contributed by atoms with van der Waals surface area (Å²) in [4.78, 5) is 25.5. The quantitative estimate of drug-likeness (QED) is 0.0272. The van der Waals surface area contributed by atoms with Gasteiger partial charge < -0.3 is 28.8 Å². The van der Waals surface area contributed by atoms with Gasteiger partial charge in [-0.2, -0.15) is 0 Å². The summed E-state index contributed by atoms with van der Waals surface area (Å²) in [6.07, 6.45) is 67.3. The minimum absolute atomic E-state index is 0.00996. The number of hydrogen-bond acceptors (Lipinski definition) is 6. The molecule has 0 spiro atoms. The number of carbonyl (C=O) groups excluding carboxylic acids is 1. The van der Waals surface area contributed by atoms with Crippen LogP contribution in [0, 0.1) is 0 Å². The molecule has 1 amide bonds. The Labute approximate surface area is 422 Å². The van der Waals surface area contributed by atoms with Crippen LogP contribution in [0.25, 0.3) is 0 Å². The second-order valence-corrected chi connectivity index (χ2v) is 22.0. The Morgan fingerprint density at radius 1 is 0.515 bits per heavy atom. The number of nitrogens with one attached hydrogen (secondary N) is 1. The number of phosphoric ester groups is 1. The van der Waals surface area contributed by atoms with Gasteiger partial charge in [-0.25, -0.2) is 0 Å². The lowest BCUT2D eigenvalue weighted by Gasteiger charge is -2.29. The van der Waals surface area contributed by atoms with Crippen LogP contribution < -0.4 is 10.2 Å². The van der Waals surface area contributed by atoms with Crippen molar-refractivity contribution in [2.75, 3.05) is 40.9 Å². The van der Waals surface area contributed by atoms with Crippen molar-refractivity contribution in [3.8, 4) is 0 Å². The Balaban J connectivity index is 4.24. The van der Waals surface area contributed by atoms with Crippen LogP contribution in [0.5, 0.6) is 0 Å². The molecule has 0 aliphatic heterocycles. The highest BCUT2D eigenvalue weighted by Crippen LogP contribution is 2.38. The predicted octanol–water partition coefficient (Wildman–Crippen LogP) is 16.7. The van der Waals surface area contributed by atoms with Crippen LogP contribution in [0.2, 0.25) is 0 Å². The summed E-state index contributed by atoms with van der Waals surface area (Å²) < 4.78 is 23.3. The number of hydrogen-bond donors (Lipinski definition) is 2. The fourth-order valence-electron chi connectivity index (χ4n) is 8.16. The van der Waals surface area contributed by atoms with E-state index in [2.05, 4.69) is 67.8 Å². The maximum atomic E-state index is 13.0. The molecule has 0 bridgehead atoms. The molecule has 0 saturated heterocycles. The van der Waals surface area contributed by atoms with Crippen molar-refractivity contribution in [3.05, 3.63) is 60.8 Å². The second kappa shape index (κ2) is 50.2. The summed E-state index contributed by atoms with van der Waals surface area (Å²) in [5.74, 6) is -0.211. The van der Waals surface area contributed by atoms with E-state index in [4.69, 9.17) is 9.05 Å². The molecule has 0 aromatic carbocycles. The number of amides is 1. The van der Waals surface area contributed by atoms with Crippen LogP contribution in [0.15, 0.2) is 60.8 Å². The zero-order valence-electron chi connectivity index (χ0n) is 45.3. The number of carbonyl (C=O) groups is 1. The third-order valence-corrected chi connectivity index (χ3v) is 13.6. The van der Waals surface area contributed by atoms with Gasteiger partial charge in [0.2, 0.25) is 5.91 Å². The molecule has 0 fully saturated rings. The number of likely N-dealkylation sites (N-methyl/N-ethyl adjacent to an activating group) is 1. The van der Waals surface area contributed by atoms with Gasteiger partial charge in [-0.3, -0.25) is 9.36 Å². The Hall–Kier alpha value is -1.80. The smallest absolute Gasteiger partial charge is 0.268 e. The summed E-state index contributed by atoms with van der Waals surface area (Å²) >= 11 is 0. The Morgan fingerprint density at radius 3 is 1.28 bits per heavy atom. The van der Waals surface area contributed by atoms with E-state index in [1.165, 1.54) is 186 Å². The van der Waals surface area contributed by atoms with Crippen LogP contribution >= 0.6 is 7.82 Å². The van der Waals surface area contributed by atoms with Crippen molar-refractivity contribution < 1.29 is 32.9 Å². The third-order valence-electron chi connectivity index (χ3n) is 12.7. The summed E-state index contributed by atoms with van der Waals surface area (Å²) in [6, 6.07) is -0.911. The van der Waals surface area contributed by atoms with Crippen LogP contribution in [0.4, 0.5) is 0 Å². The third kappa shape index (κ3) is 52.0. The highest BCUT2D eigenvalue weighted by atomic mass is 31.2. The normalized spacial score (nSPS) is 14.4. The number of unbranched alkanes of at least 4 members (excludes halogenated alkanes) is 31. The summed E-state index contributed by atoms with van der Waals surface area (Å²) in [6.45, 7) is 4.62. The molecule has 8 nitrogen and oxygen atoms in total. The van der Waals surface area contributed by atoms with Gasteiger partial charge in [-0.1, -0.05) is 235 Å². The van der Waals surface area contributed by atoms with Gasteiger partial charge in [0.05, 0.1) is 39.9 Å². The minimum Gasteiger partial charge on any atom is -0.756 e. The molecular formula is C59H111N2O6P. The maximum Gasteiger partial charge on any atom is 0.268 e. The number of allylic oxidation sites excluding steroid dienone is 9. The lowest BCUT2D eigenvalue weighted by Crippen LogP contribution is -2.45. The highest BCUT2D eigenvalue weighted by Gasteiger charge is 2.23. The van der Waals surface area contributed by atoms with Crippen molar-refractivity contribution in [3.63, 3.8) is 0 Å². The number of aliphatic hydroxyl groups is 1. The van der Waals surface area contributed by atoms with Crippen LogP contribution in [-0.4, -0.2) is 68.5 Å². The average molecular weight is 976 g/mol. The Morgan fingerprint density at radius 2 is 0.868 bits per heavy atom. The molecule has 68 heavy (non-hydrogen) atoms. The van der Waals surface area contributed by atoms with Crippen LogP contribution in [-0.2, 0) is 18.4 Å². The van der Waals surface area contributed by atoms with E-state index in [1.54, 1.807) is 6.08 Å². The summed E-state index contributed by atoms with van der Waals surface area (Å²) in [5, 5.41) is 13.9. The number of quaternary nitrogens is 1. The molecule has 0 saturated carbocycles. The number of rotatable bonds is 52. The van der Waals surface area contributed by atoms with Gasteiger partial charge >= 0.3 is 0 Å².